The highest BCUT2D eigenvalue weighted by atomic mass is 32.2. The molecule has 1 aromatic carbocycles. The van der Waals surface area contributed by atoms with Gasteiger partial charge in [0.25, 0.3) is 0 Å². The van der Waals surface area contributed by atoms with Gasteiger partial charge in [0, 0.05) is 13.6 Å². The van der Waals surface area contributed by atoms with Crippen LogP contribution in [0.25, 0.3) is 0 Å². The van der Waals surface area contributed by atoms with Crippen LogP contribution in [0, 0.1) is 5.82 Å². The van der Waals surface area contributed by atoms with Crippen LogP contribution >= 0.6 is 0 Å². The first kappa shape index (κ1) is 18.9. The summed E-state index contributed by atoms with van der Waals surface area (Å²) in [5.41, 5.74) is -1.59. The molecule has 1 rings (SSSR count). The molecule has 0 unspecified atom stereocenters. The molecule has 0 heterocycles. The average molecular weight is 342 g/mol. The van der Waals surface area contributed by atoms with Crippen molar-refractivity contribution in [3.63, 3.8) is 0 Å². The van der Waals surface area contributed by atoms with Crippen LogP contribution in [-0.2, 0) is 16.2 Å². The molecule has 1 aromatic rings. The van der Waals surface area contributed by atoms with Crippen LogP contribution in [0.5, 0.6) is 0 Å². The van der Waals surface area contributed by atoms with Crippen LogP contribution in [0.2, 0.25) is 0 Å². The van der Waals surface area contributed by atoms with Gasteiger partial charge in [-0.05, 0) is 45.3 Å². The largest absolute Gasteiger partial charge is 0.419 e. The van der Waals surface area contributed by atoms with Gasteiger partial charge in [-0.1, -0.05) is 0 Å². The Morgan fingerprint density at radius 2 is 1.68 bits per heavy atom. The van der Waals surface area contributed by atoms with Crippen molar-refractivity contribution in [2.75, 3.05) is 34.2 Å². The Hall–Kier alpha value is -1.19. The predicted molar refractivity (Wildman–Crippen MR) is 74.4 cm³/mol. The van der Waals surface area contributed by atoms with E-state index in [2.05, 4.69) is 0 Å². The van der Waals surface area contributed by atoms with Crippen molar-refractivity contribution in [1.82, 2.24) is 9.21 Å². The van der Waals surface area contributed by atoms with E-state index >= 15 is 0 Å². The van der Waals surface area contributed by atoms with Gasteiger partial charge < -0.3 is 4.90 Å². The number of rotatable bonds is 6. The third kappa shape index (κ3) is 4.65. The molecule has 0 aromatic heterocycles. The zero-order valence-electron chi connectivity index (χ0n) is 12.5. The van der Waals surface area contributed by atoms with E-state index in [1.165, 1.54) is 7.05 Å². The van der Waals surface area contributed by atoms with E-state index < -0.39 is 32.5 Å². The normalized spacial score (nSPS) is 13.1. The van der Waals surface area contributed by atoms with Crippen molar-refractivity contribution in [2.24, 2.45) is 0 Å². The summed E-state index contributed by atoms with van der Waals surface area (Å²) in [5.74, 6) is -1.50. The van der Waals surface area contributed by atoms with E-state index in [4.69, 9.17) is 0 Å². The number of alkyl halides is 3. The molecule has 9 heteroatoms. The maximum atomic E-state index is 13.2. The smallest absolute Gasteiger partial charge is 0.309 e. The highest BCUT2D eigenvalue weighted by Gasteiger charge is 2.35. The molecule has 0 radical (unpaired) electrons. The van der Waals surface area contributed by atoms with Crippen molar-refractivity contribution in [3.8, 4) is 0 Å². The zero-order valence-corrected chi connectivity index (χ0v) is 13.3. The summed E-state index contributed by atoms with van der Waals surface area (Å²) in [7, 11) is 0.838. The summed E-state index contributed by atoms with van der Waals surface area (Å²) in [6, 6.07) is 1.68. The molecule has 0 aliphatic heterocycles. The van der Waals surface area contributed by atoms with Gasteiger partial charge in [0.15, 0.2) is 0 Å². The molecule has 0 saturated carbocycles. The maximum absolute atomic E-state index is 13.2. The summed E-state index contributed by atoms with van der Waals surface area (Å²) in [6.07, 6.45) is -4.42. The fourth-order valence-corrected chi connectivity index (χ4v) is 3.03. The maximum Gasteiger partial charge on any atom is 0.419 e. The van der Waals surface area contributed by atoms with Crippen LogP contribution in [0.4, 0.5) is 17.6 Å². The minimum absolute atomic E-state index is 0.152. The van der Waals surface area contributed by atoms with Crippen molar-refractivity contribution in [2.45, 2.75) is 17.5 Å². The monoisotopic (exact) mass is 342 g/mol. The number of nitrogens with zero attached hydrogens (tertiary/aromatic N) is 2. The second-order valence-electron chi connectivity index (χ2n) is 5.12. The topological polar surface area (TPSA) is 40.6 Å². The third-order valence-electron chi connectivity index (χ3n) is 3.03. The summed E-state index contributed by atoms with van der Waals surface area (Å²) in [5, 5.41) is 0. The van der Waals surface area contributed by atoms with Gasteiger partial charge in [-0.25, -0.2) is 17.1 Å². The quantitative estimate of drug-likeness (QED) is 0.746. The van der Waals surface area contributed by atoms with Crippen LogP contribution in [0.3, 0.4) is 0 Å². The minimum atomic E-state index is -4.95. The van der Waals surface area contributed by atoms with Crippen molar-refractivity contribution in [1.29, 1.82) is 0 Å². The Bertz CT molecular complexity index is 615. The zero-order chi connectivity index (χ0) is 17.1. The van der Waals surface area contributed by atoms with Crippen LogP contribution in [0.1, 0.15) is 12.0 Å². The van der Waals surface area contributed by atoms with Crippen LogP contribution < -0.4 is 0 Å². The molecule has 4 nitrogen and oxygen atoms in total. The second kappa shape index (κ2) is 6.93. The molecular weight excluding hydrogens is 324 g/mol. The lowest BCUT2D eigenvalue weighted by atomic mass is 10.2. The first-order chi connectivity index (χ1) is 9.96. The molecule has 0 amide bonds. The summed E-state index contributed by atoms with van der Waals surface area (Å²) in [4.78, 5) is 1.29. The van der Waals surface area contributed by atoms with E-state index in [0.29, 0.717) is 25.1 Å². The molecule has 22 heavy (non-hydrogen) atoms. The molecule has 0 aliphatic rings. The Morgan fingerprint density at radius 3 is 2.18 bits per heavy atom. The lowest BCUT2D eigenvalue weighted by Crippen LogP contribution is -2.30. The third-order valence-corrected chi connectivity index (χ3v) is 4.88. The van der Waals surface area contributed by atoms with Gasteiger partial charge in [-0.15, -0.1) is 0 Å². The Labute approximate surface area is 127 Å². The standard InChI is InChI=1S/C13H18F4N2O2S/c1-18(2)7-4-8-19(3)22(20,21)10-5-6-12(14)11(9-10)13(15,16)17/h5-6,9H,4,7-8H2,1-3H3. The first-order valence-corrected chi connectivity index (χ1v) is 7.88. The summed E-state index contributed by atoms with van der Waals surface area (Å²) >= 11 is 0. The number of halogens is 4. The molecule has 0 spiro atoms. The molecule has 0 fully saturated rings. The van der Waals surface area contributed by atoms with Crippen LogP contribution in [-0.4, -0.2) is 51.9 Å². The second-order valence-corrected chi connectivity index (χ2v) is 7.17. The molecular formula is C13H18F4N2O2S. The molecule has 0 bridgehead atoms. The molecule has 0 atom stereocenters. The van der Waals surface area contributed by atoms with Crippen LogP contribution in [0.15, 0.2) is 23.1 Å². The predicted octanol–water partition coefficient (Wildman–Crippen LogP) is 2.42. The number of hydrogen-bond donors (Lipinski definition) is 0. The number of benzene rings is 1. The van der Waals surface area contributed by atoms with Crippen molar-refractivity contribution in [3.05, 3.63) is 29.6 Å². The van der Waals surface area contributed by atoms with Gasteiger partial charge in [-0.3, -0.25) is 0 Å². The first-order valence-electron chi connectivity index (χ1n) is 6.44. The fourth-order valence-electron chi connectivity index (χ4n) is 1.79. The Balaban J connectivity index is 3.03. The Kier molecular flexibility index (Phi) is 5.94. The van der Waals surface area contributed by atoms with Gasteiger partial charge >= 0.3 is 6.18 Å². The van der Waals surface area contributed by atoms with Crippen molar-refractivity contribution >= 4 is 10.0 Å². The van der Waals surface area contributed by atoms with E-state index in [1.54, 1.807) is 0 Å². The highest BCUT2D eigenvalue weighted by molar-refractivity contribution is 7.89. The van der Waals surface area contributed by atoms with Gasteiger partial charge in [0.1, 0.15) is 5.82 Å². The van der Waals surface area contributed by atoms with Gasteiger partial charge in [0.2, 0.25) is 10.0 Å². The van der Waals surface area contributed by atoms with Gasteiger partial charge in [0.05, 0.1) is 10.5 Å². The summed E-state index contributed by atoms with van der Waals surface area (Å²) < 4.78 is 76.6. The molecule has 0 N–H and O–H groups in total. The average Bonchev–Trinajstić information content (AvgIpc) is 2.36. The minimum Gasteiger partial charge on any atom is -0.309 e. The van der Waals surface area contributed by atoms with Crippen molar-refractivity contribution < 1.29 is 26.0 Å². The number of hydrogen-bond acceptors (Lipinski definition) is 3. The van der Waals surface area contributed by atoms with E-state index in [0.717, 1.165) is 10.4 Å². The molecule has 0 saturated heterocycles. The van der Waals surface area contributed by atoms with E-state index in [9.17, 15) is 26.0 Å². The SMILES string of the molecule is CN(C)CCCN(C)S(=O)(=O)c1ccc(F)c(C(F)(F)F)c1. The van der Waals surface area contributed by atoms with E-state index in [-0.39, 0.29) is 6.54 Å². The summed E-state index contributed by atoms with van der Waals surface area (Å²) in [6.45, 7) is 0.788. The molecule has 126 valence electrons. The highest BCUT2D eigenvalue weighted by Crippen LogP contribution is 2.33. The lowest BCUT2D eigenvalue weighted by molar-refractivity contribution is -0.140. The van der Waals surface area contributed by atoms with E-state index in [1.807, 2.05) is 19.0 Å². The fraction of sp³-hybridized carbons (Fsp3) is 0.538. The Morgan fingerprint density at radius 1 is 1.09 bits per heavy atom. The molecule has 0 aliphatic carbocycles. The van der Waals surface area contributed by atoms with Gasteiger partial charge in [-0.2, -0.15) is 13.2 Å². The lowest BCUT2D eigenvalue weighted by Gasteiger charge is -2.19. The number of sulfonamides is 1.